The van der Waals surface area contributed by atoms with E-state index in [2.05, 4.69) is 36.0 Å². The maximum Gasteiger partial charge on any atom is 0.150 e. The van der Waals surface area contributed by atoms with Crippen LogP contribution < -0.4 is 5.73 Å². The van der Waals surface area contributed by atoms with E-state index in [1.807, 2.05) is 6.92 Å². The van der Waals surface area contributed by atoms with Gasteiger partial charge in [0.25, 0.3) is 0 Å². The Morgan fingerprint density at radius 2 is 2.00 bits per heavy atom. The molecular formula is C12H24N4. The van der Waals surface area contributed by atoms with Crippen molar-refractivity contribution < 1.29 is 0 Å². The first-order chi connectivity index (χ1) is 7.43. The Morgan fingerprint density at radius 1 is 1.31 bits per heavy atom. The third-order valence-electron chi connectivity index (χ3n) is 3.10. The van der Waals surface area contributed by atoms with E-state index in [4.69, 9.17) is 5.73 Å². The molecule has 0 radical (unpaired) electrons. The standard InChI is InChI=1S/C12H24N4/c1-9-14-11(16-15-9)6-5-10(7-8-13)12(2,3)4/h10H,5-8,13H2,1-4H3,(H,14,15,16). The highest BCUT2D eigenvalue weighted by atomic mass is 15.2. The Kier molecular flexibility index (Phi) is 4.47. The predicted molar refractivity (Wildman–Crippen MR) is 66.1 cm³/mol. The summed E-state index contributed by atoms with van der Waals surface area (Å²) in [6, 6.07) is 0. The number of nitrogens with one attached hydrogen (secondary N) is 1. The lowest BCUT2D eigenvalue weighted by molar-refractivity contribution is 0.214. The second-order valence-corrected chi connectivity index (χ2v) is 5.52. The summed E-state index contributed by atoms with van der Waals surface area (Å²) in [5, 5.41) is 7.04. The van der Waals surface area contributed by atoms with Crippen molar-refractivity contribution in [1.29, 1.82) is 0 Å². The minimum atomic E-state index is 0.310. The SMILES string of the molecule is Cc1nc(CCC(CCN)C(C)(C)C)n[nH]1. The van der Waals surface area contributed by atoms with Gasteiger partial charge in [0.1, 0.15) is 5.82 Å². The van der Waals surface area contributed by atoms with E-state index in [9.17, 15) is 0 Å². The molecule has 0 saturated carbocycles. The molecule has 0 amide bonds. The Bertz CT molecular complexity index is 311. The smallest absolute Gasteiger partial charge is 0.150 e. The van der Waals surface area contributed by atoms with Crippen LogP contribution >= 0.6 is 0 Å². The predicted octanol–water partition coefficient (Wildman–Crippen LogP) is 2.06. The largest absolute Gasteiger partial charge is 0.330 e. The van der Waals surface area contributed by atoms with Gasteiger partial charge in [-0.1, -0.05) is 20.8 Å². The summed E-state index contributed by atoms with van der Waals surface area (Å²) in [4.78, 5) is 4.33. The summed E-state index contributed by atoms with van der Waals surface area (Å²) in [6.45, 7) is 9.51. The molecule has 4 nitrogen and oxygen atoms in total. The van der Waals surface area contributed by atoms with E-state index < -0.39 is 0 Å². The van der Waals surface area contributed by atoms with Gasteiger partial charge in [0.05, 0.1) is 0 Å². The van der Waals surface area contributed by atoms with Crippen molar-refractivity contribution in [3.05, 3.63) is 11.6 Å². The molecule has 16 heavy (non-hydrogen) atoms. The fourth-order valence-corrected chi connectivity index (χ4v) is 2.02. The minimum absolute atomic E-state index is 0.310. The van der Waals surface area contributed by atoms with Crippen LogP contribution in [0.4, 0.5) is 0 Å². The molecule has 0 aliphatic rings. The lowest BCUT2D eigenvalue weighted by Crippen LogP contribution is -2.24. The monoisotopic (exact) mass is 224 g/mol. The van der Waals surface area contributed by atoms with E-state index >= 15 is 0 Å². The maximum atomic E-state index is 5.66. The minimum Gasteiger partial charge on any atom is -0.330 e. The van der Waals surface area contributed by atoms with Crippen molar-refractivity contribution in [2.24, 2.45) is 17.1 Å². The van der Waals surface area contributed by atoms with Gasteiger partial charge in [-0.25, -0.2) is 4.98 Å². The van der Waals surface area contributed by atoms with Crippen molar-refractivity contribution >= 4 is 0 Å². The molecule has 0 saturated heterocycles. The van der Waals surface area contributed by atoms with Crippen LogP contribution in [-0.2, 0) is 6.42 Å². The molecule has 1 aromatic heterocycles. The molecule has 92 valence electrons. The molecule has 0 bridgehead atoms. The zero-order valence-electron chi connectivity index (χ0n) is 10.9. The molecule has 1 rings (SSSR count). The van der Waals surface area contributed by atoms with E-state index in [0.29, 0.717) is 11.3 Å². The van der Waals surface area contributed by atoms with Crippen LogP contribution in [0, 0.1) is 18.3 Å². The van der Waals surface area contributed by atoms with E-state index in [1.165, 1.54) is 0 Å². The van der Waals surface area contributed by atoms with Crippen LogP contribution in [0.3, 0.4) is 0 Å². The van der Waals surface area contributed by atoms with Gasteiger partial charge in [0.2, 0.25) is 0 Å². The van der Waals surface area contributed by atoms with Crippen LogP contribution in [0.15, 0.2) is 0 Å². The summed E-state index contributed by atoms with van der Waals surface area (Å²) in [5.74, 6) is 2.45. The van der Waals surface area contributed by atoms with Crippen LogP contribution in [0.1, 0.15) is 45.3 Å². The molecule has 0 spiro atoms. The number of aryl methyl sites for hydroxylation is 2. The van der Waals surface area contributed by atoms with Crippen molar-refractivity contribution in [1.82, 2.24) is 15.2 Å². The van der Waals surface area contributed by atoms with Gasteiger partial charge in [-0.05, 0) is 37.6 Å². The lowest BCUT2D eigenvalue weighted by atomic mass is 9.76. The first-order valence-corrected chi connectivity index (χ1v) is 6.01. The molecule has 0 aliphatic heterocycles. The van der Waals surface area contributed by atoms with E-state index in [-0.39, 0.29) is 0 Å². The topological polar surface area (TPSA) is 67.6 Å². The van der Waals surface area contributed by atoms with Crippen molar-refractivity contribution in [3.63, 3.8) is 0 Å². The summed E-state index contributed by atoms with van der Waals surface area (Å²) in [6.07, 6.45) is 3.12. The second-order valence-electron chi connectivity index (χ2n) is 5.52. The van der Waals surface area contributed by atoms with Gasteiger partial charge < -0.3 is 5.73 Å². The third-order valence-corrected chi connectivity index (χ3v) is 3.10. The van der Waals surface area contributed by atoms with E-state index in [1.54, 1.807) is 0 Å². The van der Waals surface area contributed by atoms with Gasteiger partial charge in [0, 0.05) is 6.42 Å². The van der Waals surface area contributed by atoms with Crippen molar-refractivity contribution in [3.8, 4) is 0 Å². The van der Waals surface area contributed by atoms with Crippen molar-refractivity contribution in [2.75, 3.05) is 6.54 Å². The lowest BCUT2D eigenvalue weighted by Gasteiger charge is -2.30. The molecule has 0 aliphatic carbocycles. The number of aromatic amines is 1. The molecule has 0 aromatic carbocycles. The average Bonchev–Trinajstić information content (AvgIpc) is 2.57. The highest BCUT2D eigenvalue weighted by Gasteiger charge is 2.23. The molecule has 3 N–H and O–H groups in total. The van der Waals surface area contributed by atoms with Gasteiger partial charge in [-0.15, -0.1) is 0 Å². The quantitative estimate of drug-likeness (QED) is 0.804. The molecule has 1 atom stereocenters. The third kappa shape index (κ3) is 3.93. The number of nitrogens with two attached hydrogens (primary N) is 1. The summed E-state index contributed by atoms with van der Waals surface area (Å²) >= 11 is 0. The zero-order chi connectivity index (χ0) is 12.2. The molecule has 1 aromatic rings. The first-order valence-electron chi connectivity index (χ1n) is 6.01. The van der Waals surface area contributed by atoms with Crippen LogP contribution in [0.2, 0.25) is 0 Å². The Balaban J connectivity index is 2.50. The van der Waals surface area contributed by atoms with Gasteiger partial charge in [0.15, 0.2) is 5.82 Å². The molecular weight excluding hydrogens is 200 g/mol. The molecule has 1 unspecified atom stereocenters. The van der Waals surface area contributed by atoms with Crippen molar-refractivity contribution in [2.45, 2.75) is 47.0 Å². The number of hydrogen-bond acceptors (Lipinski definition) is 3. The van der Waals surface area contributed by atoms with Crippen LogP contribution in [-0.4, -0.2) is 21.7 Å². The van der Waals surface area contributed by atoms with Crippen LogP contribution in [0.5, 0.6) is 0 Å². The zero-order valence-corrected chi connectivity index (χ0v) is 10.9. The Morgan fingerprint density at radius 3 is 2.44 bits per heavy atom. The molecule has 0 fully saturated rings. The fraction of sp³-hybridized carbons (Fsp3) is 0.833. The molecule has 4 heteroatoms. The second kappa shape index (κ2) is 5.43. The highest BCUT2D eigenvalue weighted by Crippen LogP contribution is 2.31. The summed E-state index contributed by atoms with van der Waals surface area (Å²) in [7, 11) is 0. The highest BCUT2D eigenvalue weighted by molar-refractivity contribution is 4.89. The average molecular weight is 224 g/mol. The van der Waals surface area contributed by atoms with Gasteiger partial charge >= 0.3 is 0 Å². The maximum absolute atomic E-state index is 5.66. The number of H-pyrrole nitrogens is 1. The molecule has 1 heterocycles. The van der Waals surface area contributed by atoms with Gasteiger partial charge in [-0.2, -0.15) is 5.10 Å². The number of rotatable bonds is 5. The van der Waals surface area contributed by atoms with Crippen LogP contribution in [0.25, 0.3) is 0 Å². The number of aromatic nitrogens is 3. The normalized spacial score (nSPS) is 14.1. The number of nitrogens with zero attached hydrogens (tertiary/aromatic N) is 2. The summed E-state index contributed by atoms with van der Waals surface area (Å²) in [5.41, 5.74) is 5.97. The fourth-order valence-electron chi connectivity index (χ4n) is 2.02. The number of hydrogen-bond donors (Lipinski definition) is 2. The summed E-state index contributed by atoms with van der Waals surface area (Å²) < 4.78 is 0. The Labute approximate surface area is 98.0 Å². The van der Waals surface area contributed by atoms with Gasteiger partial charge in [-0.3, -0.25) is 5.10 Å². The first kappa shape index (κ1) is 13.2. The van der Waals surface area contributed by atoms with E-state index in [0.717, 1.165) is 37.5 Å². The Hall–Kier alpha value is -0.900.